The lowest BCUT2D eigenvalue weighted by molar-refractivity contribution is -0.188. The van der Waals surface area contributed by atoms with E-state index in [1.165, 1.54) is 0 Å². The molecule has 0 spiro atoms. The first-order valence-electron chi connectivity index (χ1n) is 7.34. The first-order valence-corrected chi connectivity index (χ1v) is 7.34. The molecule has 1 aliphatic heterocycles. The lowest BCUT2D eigenvalue weighted by atomic mass is 9.96. The number of anilines is 1. The van der Waals surface area contributed by atoms with Crippen LogP contribution in [0.3, 0.4) is 0 Å². The second kappa shape index (κ2) is 7.51. The van der Waals surface area contributed by atoms with Gasteiger partial charge in [0.25, 0.3) is 0 Å². The monoisotopic (exact) mass is 359 g/mol. The number of imide groups is 1. The van der Waals surface area contributed by atoms with Crippen molar-refractivity contribution in [2.45, 2.75) is 6.18 Å². The lowest BCUT2D eigenvalue weighted by Gasteiger charge is -2.18. The van der Waals surface area contributed by atoms with Gasteiger partial charge in [-0.3, -0.25) is 19.8 Å². The first-order chi connectivity index (χ1) is 11.7. The molecule has 2 atom stereocenters. The minimum absolute atomic E-state index is 0.409. The number of halogens is 3. The number of alkyl halides is 3. The van der Waals surface area contributed by atoms with Gasteiger partial charge in [0.2, 0.25) is 5.91 Å². The third-order valence-electron chi connectivity index (χ3n) is 3.78. The molecule has 1 aliphatic rings. The van der Waals surface area contributed by atoms with Crippen LogP contribution in [0.2, 0.25) is 0 Å². The van der Waals surface area contributed by atoms with Gasteiger partial charge in [-0.15, -0.1) is 0 Å². The third-order valence-corrected chi connectivity index (χ3v) is 3.78. The summed E-state index contributed by atoms with van der Waals surface area (Å²) >= 11 is 0. The Balaban J connectivity index is 1.88. The maximum absolute atomic E-state index is 12.9. The number of nitrogens with one attached hydrogen (secondary N) is 2. The van der Waals surface area contributed by atoms with Gasteiger partial charge in [-0.25, -0.2) is 4.79 Å². The molecule has 0 bridgehead atoms. The van der Waals surface area contributed by atoms with Crippen molar-refractivity contribution in [2.24, 2.45) is 11.8 Å². The molecular weight excluding hydrogens is 343 g/mol. The maximum atomic E-state index is 12.9. The number of amides is 3. The quantitative estimate of drug-likeness (QED) is 0.757. The SMILES string of the molecule is O=C(CN1C[C@@H](C(F)(F)F)[C@H](C(=O)O)C1)NC(=O)Nc1ccccc1. The Morgan fingerprint density at radius 3 is 2.32 bits per heavy atom. The summed E-state index contributed by atoms with van der Waals surface area (Å²) in [7, 11) is 0. The molecule has 0 radical (unpaired) electrons. The predicted octanol–water partition coefficient (Wildman–Crippen LogP) is 1.53. The van der Waals surface area contributed by atoms with E-state index < -0.39 is 55.6 Å². The molecule has 0 aliphatic carbocycles. The van der Waals surface area contributed by atoms with Crippen LogP contribution in [0, 0.1) is 11.8 Å². The molecule has 1 saturated heterocycles. The van der Waals surface area contributed by atoms with Crippen LogP contribution in [0.5, 0.6) is 0 Å². The number of rotatable bonds is 4. The highest BCUT2D eigenvalue weighted by Gasteiger charge is 2.52. The van der Waals surface area contributed by atoms with Gasteiger partial charge in [-0.2, -0.15) is 13.2 Å². The molecule has 3 N–H and O–H groups in total. The van der Waals surface area contributed by atoms with E-state index in [0.29, 0.717) is 5.69 Å². The van der Waals surface area contributed by atoms with E-state index in [1.54, 1.807) is 30.3 Å². The van der Waals surface area contributed by atoms with Crippen molar-refractivity contribution in [1.29, 1.82) is 0 Å². The number of carbonyl (C=O) groups is 3. The van der Waals surface area contributed by atoms with Gasteiger partial charge in [0.1, 0.15) is 0 Å². The molecule has 136 valence electrons. The van der Waals surface area contributed by atoms with Gasteiger partial charge >= 0.3 is 18.2 Å². The van der Waals surface area contributed by atoms with Gasteiger partial charge in [0, 0.05) is 18.8 Å². The smallest absolute Gasteiger partial charge is 0.393 e. The van der Waals surface area contributed by atoms with Crippen molar-refractivity contribution in [3.63, 3.8) is 0 Å². The van der Waals surface area contributed by atoms with Crippen molar-refractivity contribution < 1.29 is 32.7 Å². The Kier molecular flexibility index (Phi) is 5.62. The standard InChI is InChI=1S/C15H16F3N3O4/c16-15(17,18)11-7-21(6-10(11)13(23)24)8-12(22)20-14(25)19-9-4-2-1-3-5-9/h1-5,10-11H,6-8H2,(H,23,24)(H2,19,20,22,25)/t10-,11-/m1/s1. The van der Waals surface area contributed by atoms with Crippen LogP contribution in [0.25, 0.3) is 0 Å². The van der Waals surface area contributed by atoms with Crippen LogP contribution < -0.4 is 10.6 Å². The Bertz CT molecular complexity index is 651. The van der Waals surface area contributed by atoms with E-state index in [9.17, 15) is 27.6 Å². The van der Waals surface area contributed by atoms with Gasteiger partial charge in [-0.1, -0.05) is 18.2 Å². The molecule has 25 heavy (non-hydrogen) atoms. The summed E-state index contributed by atoms with van der Waals surface area (Å²) in [5.74, 6) is -6.06. The molecule has 1 aromatic carbocycles. The fourth-order valence-corrected chi connectivity index (χ4v) is 2.65. The molecule has 1 aromatic rings. The summed E-state index contributed by atoms with van der Waals surface area (Å²) in [5, 5.41) is 13.3. The van der Waals surface area contributed by atoms with Crippen molar-refractivity contribution in [2.75, 3.05) is 25.0 Å². The lowest BCUT2D eigenvalue weighted by Crippen LogP contribution is -2.41. The normalized spacial score (nSPS) is 20.9. The largest absolute Gasteiger partial charge is 0.481 e. The summed E-state index contributed by atoms with van der Waals surface area (Å²) in [4.78, 5) is 35.5. The molecule has 7 nitrogen and oxygen atoms in total. The number of hydrogen-bond donors (Lipinski definition) is 3. The molecule has 1 heterocycles. The van der Waals surface area contributed by atoms with Crippen LogP contribution >= 0.6 is 0 Å². The molecule has 1 fully saturated rings. The zero-order valence-electron chi connectivity index (χ0n) is 12.9. The summed E-state index contributed by atoms with van der Waals surface area (Å²) in [6.45, 7) is -1.51. The Morgan fingerprint density at radius 1 is 1.16 bits per heavy atom. The van der Waals surface area contributed by atoms with Crippen molar-refractivity contribution in [3.05, 3.63) is 30.3 Å². The zero-order valence-corrected chi connectivity index (χ0v) is 12.9. The molecule has 10 heteroatoms. The van der Waals surface area contributed by atoms with Gasteiger partial charge in [0.05, 0.1) is 18.4 Å². The summed E-state index contributed by atoms with van der Waals surface area (Å²) in [5.41, 5.74) is 0.442. The Labute approximate surface area is 140 Å². The summed E-state index contributed by atoms with van der Waals surface area (Å²) < 4.78 is 38.6. The number of para-hydroxylation sites is 1. The van der Waals surface area contributed by atoms with E-state index in [2.05, 4.69) is 5.32 Å². The minimum atomic E-state index is -4.67. The molecule has 0 aromatic heterocycles. The van der Waals surface area contributed by atoms with Gasteiger partial charge < -0.3 is 10.4 Å². The second-order valence-electron chi connectivity index (χ2n) is 5.66. The fourth-order valence-electron chi connectivity index (χ4n) is 2.65. The number of aliphatic carboxylic acids is 1. The summed E-state index contributed by atoms with van der Waals surface area (Å²) in [6.07, 6.45) is -4.67. The van der Waals surface area contributed by atoms with Crippen molar-refractivity contribution in [1.82, 2.24) is 10.2 Å². The Morgan fingerprint density at radius 2 is 1.80 bits per heavy atom. The molecule has 0 unspecified atom stereocenters. The predicted molar refractivity (Wildman–Crippen MR) is 80.7 cm³/mol. The average Bonchev–Trinajstić information content (AvgIpc) is 2.92. The van der Waals surface area contributed by atoms with Gasteiger partial charge in [0.15, 0.2) is 0 Å². The molecule has 2 rings (SSSR count). The van der Waals surface area contributed by atoms with E-state index in [0.717, 1.165) is 4.90 Å². The number of carboxylic acid groups (broad SMARTS) is 1. The fraction of sp³-hybridized carbons (Fsp3) is 0.400. The second-order valence-corrected chi connectivity index (χ2v) is 5.66. The average molecular weight is 359 g/mol. The first kappa shape index (κ1) is 18.7. The van der Waals surface area contributed by atoms with Crippen LogP contribution in [0.4, 0.5) is 23.7 Å². The number of nitrogens with zero attached hydrogens (tertiary/aromatic N) is 1. The van der Waals surface area contributed by atoms with E-state index >= 15 is 0 Å². The topological polar surface area (TPSA) is 98.7 Å². The highest BCUT2D eigenvalue weighted by molar-refractivity contribution is 6.01. The van der Waals surface area contributed by atoms with Crippen LogP contribution in [0.1, 0.15) is 0 Å². The number of urea groups is 1. The number of hydrogen-bond acceptors (Lipinski definition) is 4. The number of carboxylic acids is 1. The molecular formula is C15H16F3N3O4. The minimum Gasteiger partial charge on any atom is -0.481 e. The van der Waals surface area contributed by atoms with Gasteiger partial charge in [-0.05, 0) is 12.1 Å². The van der Waals surface area contributed by atoms with Crippen LogP contribution in [0.15, 0.2) is 30.3 Å². The summed E-state index contributed by atoms with van der Waals surface area (Å²) in [6, 6.07) is 7.44. The number of carbonyl (C=O) groups excluding carboxylic acids is 2. The highest BCUT2D eigenvalue weighted by atomic mass is 19.4. The third kappa shape index (κ3) is 5.18. The van der Waals surface area contributed by atoms with Crippen LogP contribution in [-0.2, 0) is 9.59 Å². The highest BCUT2D eigenvalue weighted by Crippen LogP contribution is 2.37. The van der Waals surface area contributed by atoms with Crippen LogP contribution in [-0.4, -0.2) is 53.7 Å². The zero-order chi connectivity index (χ0) is 18.6. The Hall–Kier alpha value is -2.62. The van der Waals surface area contributed by atoms with Crippen molar-refractivity contribution in [3.8, 4) is 0 Å². The number of benzene rings is 1. The molecule has 0 saturated carbocycles. The molecule has 3 amide bonds. The van der Waals surface area contributed by atoms with E-state index in [4.69, 9.17) is 5.11 Å². The number of likely N-dealkylation sites (tertiary alicyclic amines) is 1. The maximum Gasteiger partial charge on any atom is 0.393 e. The van der Waals surface area contributed by atoms with E-state index in [-0.39, 0.29) is 0 Å². The van der Waals surface area contributed by atoms with Crippen molar-refractivity contribution >= 4 is 23.6 Å². The van der Waals surface area contributed by atoms with E-state index in [1.807, 2.05) is 5.32 Å².